The Morgan fingerprint density at radius 2 is 1.62 bits per heavy atom. The van der Waals surface area contributed by atoms with Crippen molar-refractivity contribution in [1.29, 1.82) is 0 Å². The molecule has 0 bridgehead atoms. The molecular weight excluding hydrogens is 519 g/mol. The lowest BCUT2D eigenvalue weighted by Gasteiger charge is -2.39. The number of hydrogen-bond acceptors (Lipinski definition) is 7. The topological polar surface area (TPSA) is 94.5 Å². The highest BCUT2D eigenvalue weighted by Crippen LogP contribution is 2.38. The van der Waals surface area contributed by atoms with Gasteiger partial charge < -0.3 is 28.8 Å². The zero-order valence-electron chi connectivity index (χ0n) is 25.7. The number of carbonyl (C=O) groups excluding carboxylic acids is 1. The molecule has 224 valence electrons. The number of aliphatic hydroxyl groups excluding tert-OH is 2. The van der Waals surface area contributed by atoms with E-state index in [1.165, 1.54) is 6.08 Å². The summed E-state index contributed by atoms with van der Waals surface area (Å²) >= 11 is 0. The van der Waals surface area contributed by atoms with E-state index in [1.54, 1.807) is 52.1 Å². The summed E-state index contributed by atoms with van der Waals surface area (Å²) in [5, 5.41) is 21.6. The van der Waals surface area contributed by atoms with Gasteiger partial charge in [-0.05, 0) is 69.6 Å². The lowest BCUT2D eigenvalue weighted by atomic mass is 9.97. The van der Waals surface area contributed by atoms with Crippen molar-refractivity contribution in [3.05, 3.63) is 41.7 Å². The van der Waals surface area contributed by atoms with E-state index in [9.17, 15) is 15.0 Å². The molecule has 2 N–H and O–H groups in total. The van der Waals surface area contributed by atoms with Crippen LogP contribution in [0.1, 0.15) is 67.4 Å². The Balaban J connectivity index is 3.06. The molecule has 0 aliphatic heterocycles. The van der Waals surface area contributed by atoms with Crippen molar-refractivity contribution in [1.82, 2.24) is 0 Å². The summed E-state index contributed by atoms with van der Waals surface area (Å²) in [4.78, 5) is 12.0. The first-order valence-electron chi connectivity index (χ1n) is 13.6. The predicted molar refractivity (Wildman–Crippen MR) is 155 cm³/mol. The Morgan fingerprint density at radius 1 is 1.05 bits per heavy atom. The number of aliphatic hydroxyl groups is 2. The van der Waals surface area contributed by atoms with Gasteiger partial charge in [-0.25, -0.2) is 4.39 Å². The molecule has 0 spiro atoms. The molecule has 0 aliphatic carbocycles. The summed E-state index contributed by atoms with van der Waals surface area (Å²) in [6.07, 6.45) is -3.34. The molecule has 7 nitrogen and oxygen atoms in total. The summed E-state index contributed by atoms with van der Waals surface area (Å²) in [5.74, 6) is -0.762. The van der Waals surface area contributed by atoms with Crippen LogP contribution in [0.3, 0.4) is 0 Å². The van der Waals surface area contributed by atoms with Gasteiger partial charge in [0.2, 0.25) is 0 Å². The van der Waals surface area contributed by atoms with E-state index in [1.807, 2.05) is 13.8 Å². The lowest BCUT2D eigenvalue weighted by Crippen LogP contribution is -2.44. The number of ether oxygens (including phenoxy) is 3. The van der Waals surface area contributed by atoms with Crippen molar-refractivity contribution < 1.29 is 38.0 Å². The highest BCUT2D eigenvalue weighted by molar-refractivity contribution is 6.74. The molecule has 0 fully saturated rings. The van der Waals surface area contributed by atoms with Gasteiger partial charge in [-0.15, -0.1) is 0 Å². The molecule has 0 aliphatic rings. The van der Waals surface area contributed by atoms with Crippen LogP contribution in [0.4, 0.5) is 4.39 Å². The van der Waals surface area contributed by atoms with E-state index >= 15 is 4.39 Å². The molecule has 1 aromatic carbocycles. The number of esters is 1. The Hall–Kier alpha value is -1.78. The number of hydrogen-bond donors (Lipinski definition) is 2. The highest BCUT2D eigenvalue weighted by atomic mass is 28.4. The number of benzene rings is 1. The average Bonchev–Trinajstić information content (AvgIpc) is 2.82. The Labute approximate surface area is 235 Å². The van der Waals surface area contributed by atoms with Crippen molar-refractivity contribution >= 4 is 14.3 Å². The van der Waals surface area contributed by atoms with Crippen molar-refractivity contribution in [2.24, 2.45) is 11.3 Å². The fourth-order valence-electron chi connectivity index (χ4n) is 3.34. The monoisotopic (exact) mass is 570 g/mol. The minimum absolute atomic E-state index is 0.00309. The average molecular weight is 571 g/mol. The van der Waals surface area contributed by atoms with Crippen LogP contribution in [-0.4, -0.2) is 62.6 Å². The first-order chi connectivity index (χ1) is 17.8. The quantitative estimate of drug-likeness (QED) is 0.204. The normalized spacial score (nSPS) is 17.2. The molecule has 0 unspecified atom stereocenters. The molecule has 1 aromatic rings. The van der Waals surface area contributed by atoms with Crippen LogP contribution in [0, 0.1) is 11.3 Å². The largest absolute Gasteiger partial charge is 0.497 e. The fourth-order valence-corrected chi connectivity index (χ4v) is 4.84. The van der Waals surface area contributed by atoms with E-state index in [-0.39, 0.29) is 36.7 Å². The molecule has 0 saturated carbocycles. The minimum Gasteiger partial charge on any atom is -0.497 e. The van der Waals surface area contributed by atoms with Crippen molar-refractivity contribution in [3.63, 3.8) is 0 Å². The number of rotatable bonds is 14. The standard InChI is InChI=1S/C30H51FO7Si/c1-20(21(2)38-39(10,11)30(6,7)8)18-24(31)27(37-19-22-12-14-23(35-9)15-13-22)26(33)25(32)16-17-36-28(34)29(3,4)5/h12-15,18,20-21,25-27,32-33H,16-17,19H2,1-11H3/b24-18+/t20-,21+,25+,26+,27-/m1/s1. The molecule has 0 amide bonds. The van der Waals surface area contributed by atoms with E-state index < -0.39 is 43.8 Å². The highest BCUT2D eigenvalue weighted by Gasteiger charge is 2.39. The molecular formula is C30H51FO7Si. The smallest absolute Gasteiger partial charge is 0.311 e. The van der Waals surface area contributed by atoms with Crippen LogP contribution in [-0.2, 0) is 25.3 Å². The molecule has 39 heavy (non-hydrogen) atoms. The third-order valence-electron chi connectivity index (χ3n) is 7.27. The van der Waals surface area contributed by atoms with Gasteiger partial charge in [0.15, 0.2) is 8.32 Å². The van der Waals surface area contributed by atoms with Gasteiger partial charge >= 0.3 is 5.97 Å². The summed E-state index contributed by atoms with van der Waals surface area (Å²) in [6, 6.07) is 7.08. The van der Waals surface area contributed by atoms with Crippen LogP contribution >= 0.6 is 0 Å². The van der Waals surface area contributed by atoms with Gasteiger partial charge in [0.05, 0.1) is 31.8 Å². The predicted octanol–water partition coefficient (Wildman–Crippen LogP) is 6.18. The van der Waals surface area contributed by atoms with Crippen molar-refractivity contribution in [2.45, 2.75) is 111 Å². The van der Waals surface area contributed by atoms with E-state index in [2.05, 4.69) is 33.9 Å². The summed E-state index contributed by atoms with van der Waals surface area (Å²) in [6.45, 7) is 19.5. The SMILES string of the molecule is COc1ccc(CO[C@H](/C(F)=C\[C@@H](C)[C@H](C)O[Si](C)(C)C(C)(C)C)[C@@H](O)[C@@H](O)CCOC(=O)C(C)(C)C)cc1. The molecule has 5 atom stereocenters. The summed E-state index contributed by atoms with van der Waals surface area (Å²) < 4.78 is 38.3. The van der Waals surface area contributed by atoms with Crippen LogP contribution in [0.15, 0.2) is 36.2 Å². The molecule has 0 heterocycles. The summed E-state index contributed by atoms with van der Waals surface area (Å²) in [5.41, 5.74) is 0.0546. The van der Waals surface area contributed by atoms with Crippen LogP contribution in [0.5, 0.6) is 5.75 Å². The summed E-state index contributed by atoms with van der Waals surface area (Å²) in [7, 11) is -0.513. The minimum atomic E-state index is -2.08. The second-order valence-electron chi connectivity index (χ2n) is 12.8. The maximum atomic E-state index is 15.7. The second kappa shape index (κ2) is 14.7. The van der Waals surface area contributed by atoms with E-state index in [4.69, 9.17) is 18.6 Å². The zero-order chi connectivity index (χ0) is 30.2. The molecule has 1 rings (SSSR count). The van der Waals surface area contributed by atoms with Crippen LogP contribution in [0.25, 0.3) is 0 Å². The van der Waals surface area contributed by atoms with Gasteiger partial charge in [-0.1, -0.05) is 39.8 Å². The molecule has 0 saturated heterocycles. The fraction of sp³-hybridized carbons (Fsp3) is 0.700. The Kier molecular flexibility index (Phi) is 13.3. The maximum absolute atomic E-state index is 15.7. The Morgan fingerprint density at radius 3 is 2.10 bits per heavy atom. The van der Waals surface area contributed by atoms with Gasteiger partial charge in [-0.3, -0.25) is 4.79 Å². The lowest BCUT2D eigenvalue weighted by molar-refractivity contribution is -0.154. The number of halogens is 1. The van der Waals surface area contributed by atoms with Gasteiger partial charge in [0.25, 0.3) is 0 Å². The molecule has 9 heteroatoms. The first-order valence-corrected chi connectivity index (χ1v) is 16.5. The van der Waals surface area contributed by atoms with E-state index in [0.717, 1.165) is 5.56 Å². The molecule has 0 aromatic heterocycles. The third kappa shape index (κ3) is 11.3. The second-order valence-corrected chi connectivity index (χ2v) is 17.6. The maximum Gasteiger partial charge on any atom is 0.311 e. The van der Waals surface area contributed by atoms with Crippen LogP contribution < -0.4 is 4.74 Å². The third-order valence-corrected chi connectivity index (χ3v) is 11.8. The van der Waals surface area contributed by atoms with Crippen LogP contribution in [0.2, 0.25) is 18.1 Å². The number of methoxy groups -OCH3 is 1. The zero-order valence-corrected chi connectivity index (χ0v) is 26.7. The van der Waals surface area contributed by atoms with Gasteiger partial charge in [0, 0.05) is 18.4 Å². The Bertz CT molecular complexity index is 919. The van der Waals surface area contributed by atoms with Crippen molar-refractivity contribution in [3.8, 4) is 5.75 Å². The molecule has 0 radical (unpaired) electrons. The van der Waals surface area contributed by atoms with Gasteiger partial charge in [0.1, 0.15) is 23.8 Å². The number of carbonyl (C=O) groups is 1. The van der Waals surface area contributed by atoms with Crippen molar-refractivity contribution in [2.75, 3.05) is 13.7 Å². The van der Waals surface area contributed by atoms with Gasteiger partial charge in [-0.2, -0.15) is 0 Å². The van der Waals surface area contributed by atoms with E-state index in [0.29, 0.717) is 5.75 Å². The first kappa shape index (κ1) is 35.2.